The lowest BCUT2D eigenvalue weighted by molar-refractivity contribution is 0.191. The van der Waals surface area contributed by atoms with E-state index in [1.165, 1.54) is 5.56 Å². The molecule has 6 nitrogen and oxygen atoms in total. The van der Waals surface area contributed by atoms with Gasteiger partial charge in [-0.1, -0.05) is 23.7 Å². The molecule has 0 saturated carbocycles. The Bertz CT molecular complexity index is 1110. The zero-order valence-electron chi connectivity index (χ0n) is 18.1. The van der Waals surface area contributed by atoms with Gasteiger partial charge in [-0.3, -0.25) is 9.78 Å². The first-order valence-electron chi connectivity index (χ1n) is 10.8. The molecular formula is C24H29ClN4O2. The van der Waals surface area contributed by atoms with E-state index < -0.39 is 0 Å². The molecule has 1 saturated heterocycles. The Morgan fingerprint density at radius 2 is 1.97 bits per heavy atom. The zero-order chi connectivity index (χ0) is 21.8. The topological polar surface area (TPSA) is 59.4 Å². The first-order valence-corrected chi connectivity index (χ1v) is 11.2. The van der Waals surface area contributed by atoms with E-state index in [9.17, 15) is 4.79 Å². The van der Waals surface area contributed by atoms with Gasteiger partial charge in [-0.15, -0.1) is 0 Å². The van der Waals surface area contributed by atoms with Gasteiger partial charge in [0.2, 0.25) is 0 Å². The summed E-state index contributed by atoms with van der Waals surface area (Å²) in [7, 11) is 1.61. The molecule has 31 heavy (non-hydrogen) atoms. The van der Waals surface area contributed by atoms with E-state index in [-0.39, 0.29) is 5.56 Å². The van der Waals surface area contributed by atoms with Crippen LogP contribution in [-0.2, 0) is 13.1 Å². The highest BCUT2D eigenvalue weighted by Crippen LogP contribution is 2.19. The fourth-order valence-corrected chi connectivity index (χ4v) is 4.30. The number of hydrogen-bond donors (Lipinski definition) is 1. The third-order valence-electron chi connectivity index (χ3n) is 6.11. The Labute approximate surface area is 187 Å². The number of nitrogens with zero attached hydrogens (tertiary/aromatic N) is 3. The Kier molecular flexibility index (Phi) is 6.90. The van der Waals surface area contributed by atoms with Crippen molar-refractivity contribution in [3.63, 3.8) is 0 Å². The van der Waals surface area contributed by atoms with Gasteiger partial charge >= 0.3 is 0 Å². The quantitative estimate of drug-likeness (QED) is 0.608. The number of nitrogens with one attached hydrogen (secondary N) is 1. The highest BCUT2D eigenvalue weighted by atomic mass is 35.5. The van der Waals surface area contributed by atoms with Crippen molar-refractivity contribution in [1.82, 2.24) is 19.8 Å². The number of likely N-dealkylation sites (tertiary alicyclic amines) is 1. The van der Waals surface area contributed by atoms with Gasteiger partial charge in [0.25, 0.3) is 5.56 Å². The number of piperidine rings is 1. The van der Waals surface area contributed by atoms with Crippen LogP contribution in [-0.4, -0.2) is 47.2 Å². The molecule has 4 rings (SSSR count). The van der Waals surface area contributed by atoms with Crippen molar-refractivity contribution in [2.75, 3.05) is 26.7 Å². The van der Waals surface area contributed by atoms with Crippen molar-refractivity contribution in [3.8, 4) is 5.75 Å². The minimum absolute atomic E-state index is 0.00383. The van der Waals surface area contributed by atoms with E-state index in [1.54, 1.807) is 30.0 Å². The lowest BCUT2D eigenvalue weighted by Crippen LogP contribution is -2.43. The number of rotatable bonds is 7. The first-order chi connectivity index (χ1) is 15.0. The summed E-state index contributed by atoms with van der Waals surface area (Å²) < 4.78 is 7.09. The second-order valence-corrected chi connectivity index (χ2v) is 8.59. The van der Waals surface area contributed by atoms with Gasteiger partial charge in [-0.2, -0.15) is 0 Å². The first kappa shape index (κ1) is 21.8. The summed E-state index contributed by atoms with van der Waals surface area (Å²) in [5, 5.41) is 4.49. The average Bonchev–Trinajstić information content (AvgIpc) is 2.79. The second kappa shape index (κ2) is 9.81. The van der Waals surface area contributed by atoms with Crippen LogP contribution < -0.4 is 15.6 Å². The Morgan fingerprint density at radius 3 is 2.71 bits per heavy atom. The summed E-state index contributed by atoms with van der Waals surface area (Å²) in [5.74, 6) is 0.661. The Balaban J connectivity index is 1.31. The number of fused-ring (bicyclic) bond motifs is 1. The normalized spacial score (nSPS) is 15.5. The minimum atomic E-state index is -0.00383. The maximum absolute atomic E-state index is 12.5. The summed E-state index contributed by atoms with van der Waals surface area (Å²) in [6, 6.07) is 12.0. The summed E-state index contributed by atoms with van der Waals surface area (Å²) >= 11 is 6.23. The molecule has 7 heteroatoms. The van der Waals surface area contributed by atoms with Crippen LogP contribution in [0.2, 0.25) is 5.02 Å². The molecule has 1 N–H and O–H groups in total. The van der Waals surface area contributed by atoms with E-state index >= 15 is 0 Å². The molecular weight excluding hydrogens is 412 g/mol. The molecule has 164 valence electrons. The van der Waals surface area contributed by atoms with Crippen LogP contribution in [0.3, 0.4) is 0 Å². The van der Waals surface area contributed by atoms with E-state index in [0.717, 1.165) is 60.6 Å². The zero-order valence-corrected chi connectivity index (χ0v) is 18.9. The van der Waals surface area contributed by atoms with Crippen molar-refractivity contribution in [1.29, 1.82) is 0 Å². The van der Waals surface area contributed by atoms with Gasteiger partial charge in [0.15, 0.2) is 0 Å². The third-order valence-corrected chi connectivity index (χ3v) is 6.51. The number of aryl methyl sites for hydroxylation is 1. The predicted octanol–water partition coefficient (Wildman–Crippen LogP) is 3.62. The van der Waals surface area contributed by atoms with E-state index in [2.05, 4.69) is 27.3 Å². The number of halogens is 1. The lowest BCUT2D eigenvalue weighted by Gasteiger charge is -2.32. The molecule has 1 aliphatic heterocycles. The molecule has 0 radical (unpaired) electrons. The molecule has 1 fully saturated rings. The predicted molar refractivity (Wildman–Crippen MR) is 125 cm³/mol. The summed E-state index contributed by atoms with van der Waals surface area (Å²) in [4.78, 5) is 19.3. The maximum atomic E-state index is 12.5. The molecule has 0 bridgehead atoms. The van der Waals surface area contributed by atoms with Crippen LogP contribution in [0.1, 0.15) is 24.0 Å². The van der Waals surface area contributed by atoms with Crippen molar-refractivity contribution < 1.29 is 4.74 Å². The van der Waals surface area contributed by atoms with E-state index in [1.807, 2.05) is 19.1 Å². The largest absolute Gasteiger partial charge is 0.495 e. The monoisotopic (exact) mass is 440 g/mol. The third kappa shape index (κ3) is 5.26. The maximum Gasteiger partial charge on any atom is 0.251 e. The molecule has 0 unspecified atom stereocenters. The van der Waals surface area contributed by atoms with Gasteiger partial charge in [0.1, 0.15) is 5.75 Å². The second-order valence-electron chi connectivity index (χ2n) is 8.18. The molecule has 0 spiro atoms. The molecule has 0 amide bonds. The number of hydrogen-bond acceptors (Lipinski definition) is 5. The molecule has 0 atom stereocenters. The number of benzene rings is 1. The van der Waals surface area contributed by atoms with Crippen LogP contribution in [0.25, 0.3) is 11.0 Å². The smallest absolute Gasteiger partial charge is 0.251 e. The van der Waals surface area contributed by atoms with E-state index in [0.29, 0.717) is 18.3 Å². The summed E-state index contributed by atoms with van der Waals surface area (Å²) in [6.45, 7) is 6.39. The molecule has 1 aliphatic rings. The average molecular weight is 441 g/mol. The van der Waals surface area contributed by atoms with Gasteiger partial charge in [-0.05, 0) is 56.1 Å². The van der Waals surface area contributed by atoms with Gasteiger partial charge in [0.05, 0.1) is 24.3 Å². The fraction of sp³-hybridized carbons (Fsp3) is 0.417. The van der Waals surface area contributed by atoms with Crippen molar-refractivity contribution in [3.05, 3.63) is 69.1 Å². The van der Waals surface area contributed by atoms with Crippen LogP contribution in [0.5, 0.6) is 5.75 Å². The minimum Gasteiger partial charge on any atom is -0.495 e. The Hall–Kier alpha value is -2.41. The van der Waals surface area contributed by atoms with Crippen LogP contribution in [0, 0.1) is 6.92 Å². The number of aromatic nitrogens is 2. The molecule has 1 aromatic carbocycles. The summed E-state index contributed by atoms with van der Waals surface area (Å²) in [5.41, 5.74) is 3.95. The van der Waals surface area contributed by atoms with E-state index in [4.69, 9.17) is 16.3 Å². The van der Waals surface area contributed by atoms with Gasteiger partial charge < -0.3 is 19.5 Å². The number of ether oxygens (including phenoxy) is 1. The van der Waals surface area contributed by atoms with Crippen LogP contribution in [0.4, 0.5) is 0 Å². The standard InChI is InChI=1S/C24H29ClN4O2/c1-17-3-4-18(13-21(17)25)15-26-19-7-9-28(10-8-19)11-12-29-23-14-20(31-2)16-27-22(23)5-6-24(29)30/h3-6,13-14,16,19,26H,7-12,15H2,1-2H3. The van der Waals surface area contributed by atoms with Crippen LogP contribution >= 0.6 is 11.6 Å². The van der Waals surface area contributed by atoms with Crippen molar-refractivity contribution in [2.45, 2.75) is 38.9 Å². The molecule has 3 aromatic rings. The van der Waals surface area contributed by atoms with Gasteiger partial charge in [0, 0.05) is 42.8 Å². The lowest BCUT2D eigenvalue weighted by atomic mass is 10.0. The highest BCUT2D eigenvalue weighted by Gasteiger charge is 2.19. The Morgan fingerprint density at radius 1 is 1.16 bits per heavy atom. The van der Waals surface area contributed by atoms with Crippen LogP contribution in [0.15, 0.2) is 47.4 Å². The summed E-state index contributed by atoms with van der Waals surface area (Å²) in [6.07, 6.45) is 3.87. The SMILES string of the molecule is COc1cnc2ccc(=O)n(CCN3CCC(NCc4ccc(C)c(Cl)c4)CC3)c2c1. The molecule has 2 aromatic heterocycles. The van der Waals surface area contributed by atoms with Crippen molar-refractivity contribution in [2.24, 2.45) is 0 Å². The number of pyridine rings is 2. The highest BCUT2D eigenvalue weighted by molar-refractivity contribution is 6.31. The van der Waals surface area contributed by atoms with Gasteiger partial charge in [-0.25, -0.2) is 0 Å². The number of methoxy groups -OCH3 is 1. The van der Waals surface area contributed by atoms with Crippen molar-refractivity contribution >= 4 is 22.6 Å². The molecule has 0 aliphatic carbocycles. The fourth-order valence-electron chi connectivity index (χ4n) is 4.10. The molecule has 3 heterocycles.